The van der Waals surface area contributed by atoms with E-state index >= 15 is 0 Å². The molecule has 0 saturated heterocycles. The molecule has 3 aromatic heterocycles. The van der Waals surface area contributed by atoms with Crippen LogP contribution in [0.25, 0.3) is 21.7 Å². The molecule has 1 aromatic carbocycles. The fourth-order valence-electron chi connectivity index (χ4n) is 3.57. The smallest absolute Gasteiger partial charge is 0.268 e. The summed E-state index contributed by atoms with van der Waals surface area (Å²) in [4.78, 5) is 37.5. The van der Waals surface area contributed by atoms with Gasteiger partial charge in [-0.3, -0.25) is 14.9 Å². The maximum atomic E-state index is 13.1. The third kappa shape index (κ3) is 5.28. The van der Waals surface area contributed by atoms with E-state index in [4.69, 9.17) is 4.42 Å². The van der Waals surface area contributed by atoms with Crippen LogP contribution in [0.15, 0.2) is 40.9 Å². The van der Waals surface area contributed by atoms with E-state index in [1.165, 1.54) is 11.3 Å². The second kappa shape index (κ2) is 9.27. The molecule has 0 aliphatic rings. The number of fused-ring (bicyclic) bond motifs is 1. The molecule has 0 bridgehead atoms. The van der Waals surface area contributed by atoms with Crippen LogP contribution in [-0.2, 0) is 6.54 Å². The number of carbonyl (C=O) groups is 2. The largest absolute Gasteiger partial charge is 0.440 e. The van der Waals surface area contributed by atoms with E-state index in [0.29, 0.717) is 39.1 Å². The first-order valence-corrected chi connectivity index (χ1v) is 12.1. The number of benzene rings is 1. The second-order valence-corrected chi connectivity index (χ2v) is 10.5. The molecule has 3 heterocycles. The van der Waals surface area contributed by atoms with Crippen molar-refractivity contribution >= 4 is 40.1 Å². The standard InChI is InChI=1S/C25H29N5O4S/c1-14(2)29(6)23(32)16-7-8-18-17(11-16)27-24(30(18)13-25(4,5)33)28-22(31)21-10-9-20(35-21)19-12-26-15(3)34-19/h7-12,14,33H,13H2,1-6H3,(H,27,28,31). The van der Waals surface area contributed by atoms with Crippen molar-refractivity contribution in [2.75, 3.05) is 12.4 Å². The highest BCUT2D eigenvalue weighted by Crippen LogP contribution is 2.30. The number of hydrogen-bond acceptors (Lipinski definition) is 7. The topological polar surface area (TPSA) is 113 Å². The Morgan fingerprint density at radius 3 is 2.63 bits per heavy atom. The van der Waals surface area contributed by atoms with Gasteiger partial charge in [0, 0.05) is 25.6 Å². The van der Waals surface area contributed by atoms with Crippen molar-refractivity contribution in [3.8, 4) is 10.6 Å². The lowest BCUT2D eigenvalue weighted by Gasteiger charge is -2.21. The molecule has 0 atom stereocenters. The summed E-state index contributed by atoms with van der Waals surface area (Å²) < 4.78 is 7.30. The van der Waals surface area contributed by atoms with E-state index in [9.17, 15) is 14.7 Å². The average Bonchev–Trinajstić information content (AvgIpc) is 3.50. The number of rotatable bonds is 7. The van der Waals surface area contributed by atoms with Crippen LogP contribution in [0.1, 0.15) is 53.6 Å². The second-order valence-electron chi connectivity index (χ2n) is 9.41. The minimum Gasteiger partial charge on any atom is -0.440 e. The molecule has 0 radical (unpaired) electrons. The van der Waals surface area contributed by atoms with Gasteiger partial charge < -0.3 is 19.0 Å². The summed E-state index contributed by atoms with van der Waals surface area (Å²) in [6.45, 7) is 9.22. The van der Waals surface area contributed by atoms with Crippen LogP contribution in [0.5, 0.6) is 0 Å². The molecular weight excluding hydrogens is 466 g/mol. The fourth-order valence-corrected chi connectivity index (χ4v) is 4.42. The summed E-state index contributed by atoms with van der Waals surface area (Å²) in [6.07, 6.45) is 1.63. The summed E-state index contributed by atoms with van der Waals surface area (Å²) in [5.41, 5.74) is 0.705. The van der Waals surface area contributed by atoms with Crippen LogP contribution in [0.4, 0.5) is 5.95 Å². The molecule has 0 fully saturated rings. The third-order valence-corrected chi connectivity index (χ3v) is 6.65. The number of nitrogens with one attached hydrogen (secondary N) is 1. The summed E-state index contributed by atoms with van der Waals surface area (Å²) in [7, 11) is 1.76. The molecule has 184 valence electrons. The number of aromatic nitrogens is 3. The predicted octanol–water partition coefficient (Wildman–Crippen LogP) is 4.56. The Morgan fingerprint density at radius 2 is 2.00 bits per heavy atom. The first-order chi connectivity index (χ1) is 16.4. The van der Waals surface area contributed by atoms with Crippen LogP contribution in [0.2, 0.25) is 0 Å². The van der Waals surface area contributed by atoms with E-state index in [2.05, 4.69) is 15.3 Å². The molecule has 0 aliphatic heterocycles. The summed E-state index contributed by atoms with van der Waals surface area (Å²) in [5.74, 6) is 1.000. The summed E-state index contributed by atoms with van der Waals surface area (Å²) in [6, 6.07) is 8.82. The molecular formula is C25H29N5O4S. The highest BCUT2D eigenvalue weighted by atomic mass is 32.1. The van der Waals surface area contributed by atoms with Crippen LogP contribution in [0.3, 0.4) is 0 Å². The quantitative estimate of drug-likeness (QED) is 0.388. The van der Waals surface area contributed by atoms with Gasteiger partial charge in [0.1, 0.15) is 0 Å². The lowest BCUT2D eigenvalue weighted by Crippen LogP contribution is -2.32. The van der Waals surface area contributed by atoms with E-state index in [1.807, 2.05) is 19.9 Å². The van der Waals surface area contributed by atoms with Crippen molar-refractivity contribution in [1.29, 1.82) is 0 Å². The molecule has 0 spiro atoms. The average molecular weight is 496 g/mol. The van der Waals surface area contributed by atoms with Gasteiger partial charge in [-0.05, 0) is 58.0 Å². The highest BCUT2D eigenvalue weighted by molar-refractivity contribution is 7.17. The Labute approximate surface area is 207 Å². The van der Waals surface area contributed by atoms with Gasteiger partial charge in [-0.1, -0.05) is 0 Å². The minimum atomic E-state index is -1.06. The molecule has 0 unspecified atom stereocenters. The Balaban J connectivity index is 1.67. The Bertz CT molecular complexity index is 1390. The van der Waals surface area contributed by atoms with E-state index < -0.39 is 5.60 Å². The highest BCUT2D eigenvalue weighted by Gasteiger charge is 2.23. The zero-order valence-corrected chi connectivity index (χ0v) is 21.4. The molecule has 4 aromatic rings. The van der Waals surface area contributed by atoms with Crippen LogP contribution >= 0.6 is 11.3 Å². The number of oxazole rings is 1. The molecule has 10 heteroatoms. The van der Waals surface area contributed by atoms with Gasteiger partial charge >= 0.3 is 0 Å². The lowest BCUT2D eigenvalue weighted by atomic mass is 10.1. The van der Waals surface area contributed by atoms with Gasteiger partial charge in [0.25, 0.3) is 11.8 Å². The zero-order chi connectivity index (χ0) is 25.5. The van der Waals surface area contributed by atoms with Crippen LogP contribution in [0, 0.1) is 6.92 Å². The van der Waals surface area contributed by atoms with E-state index in [1.54, 1.807) is 67.7 Å². The van der Waals surface area contributed by atoms with Gasteiger partial charge in [-0.2, -0.15) is 0 Å². The monoisotopic (exact) mass is 495 g/mol. The lowest BCUT2D eigenvalue weighted by molar-refractivity contribution is 0.0630. The number of nitrogens with zero attached hydrogens (tertiary/aromatic N) is 4. The van der Waals surface area contributed by atoms with Crippen molar-refractivity contribution in [3.05, 3.63) is 52.9 Å². The zero-order valence-electron chi connectivity index (χ0n) is 20.6. The number of amides is 2. The Hall–Kier alpha value is -3.50. The summed E-state index contributed by atoms with van der Waals surface area (Å²) in [5, 5.41) is 13.4. The maximum absolute atomic E-state index is 13.1. The van der Waals surface area contributed by atoms with Gasteiger partial charge in [0.2, 0.25) is 5.95 Å². The van der Waals surface area contributed by atoms with Crippen LogP contribution in [-0.4, -0.2) is 55.0 Å². The molecule has 0 saturated carbocycles. The number of anilines is 1. The molecule has 4 rings (SSSR count). The van der Waals surface area contributed by atoms with Crippen molar-refractivity contribution in [3.63, 3.8) is 0 Å². The SMILES string of the molecule is Cc1ncc(-c2ccc(C(=O)Nc3nc4cc(C(=O)N(C)C(C)C)ccc4n3CC(C)(C)O)s2)o1. The number of imidazole rings is 1. The predicted molar refractivity (Wildman–Crippen MR) is 136 cm³/mol. The molecule has 2 amide bonds. The molecule has 0 aliphatic carbocycles. The third-order valence-electron chi connectivity index (χ3n) is 5.55. The van der Waals surface area contributed by atoms with E-state index in [-0.39, 0.29) is 24.4 Å². The number of carbonyl (C=O) groups excluding carboxylic acids is 2. The molecule has 2 N–H and O–H groups in total. The van der Waals surface area contributed by atoms with Crippen LogP contribution < -0.4 is 5.32 Å². The number of thiophene rings is 1. The van der Waals surface area contributed by atoms with E-state index in [0.717, 1.165) is 4.88 Å². The van der Waals surface area contributed by atoms with Gasteiger partial charge in [-0.25, -0.2) is 9.97 Å². The fraction of sp³-hybridized carbons (Fsp3) is 0.360. The van der Waals surface area contributed by atoms with Gasteiger partial charge in [0.05, 0.1) is 39.1 Å². The van der Waals surface area contributed by atoms with Gasteiger partial charge in [-0.15, -0.1) is 11.3 Å². The van der Waals surface area contributed by atoms with Crippen molar-refractivity contribution in [2.24, 2.45) is 0 Å². The molecule has 35 heavy (non-hydrogen) atoms. The first kappa shape index (κ1) is 24.6. The maximum Gasteiger partial charge on any atom is 0.268 e. The van der Waals surface area contributed by atoms with Crippen molar-refractivity contribution in [1.82, 2.24) is 19.4 Å². The minimum absolute atomic E-state index is 0.0531. The Morgan fingerprint density at radius 1 is 1.26 bits per heavy atom. The molecule has 9 nitrogen and oxygen atoms in total. The normalized spacial score (nSPS) is 11.9. The first-order valence-electron chi connectivity index (χ1n) is 11.3. The number of aliphatic hydroxyl groups is 1. The van der Waals surface area contributed by atoms with Gasteiger partial charge in [0.15, 0.2) is 11.7 Å². The Kier molecular flexibility index (Phi) is 6.52. The summed E-state index contributed by atoms with van der Waals surface area (Å²) >= 11 is 1.28. The van der Waals surface area contributed by atoms with Crippen molar-refractivity contribution < 1.29 is 19.1 Å². The van der Waals surface area contributed by atoms with Crippen molar-refractivity contribution in [2.45, 2.75) is 52.8 Å². The number of hydrogen-bond donors (Lipinski definition) is 2. The number of aryl methyl sites for hydroxylation is 1.